The van der Waals surface area contributed by atoms with Gasteiger partial charge < -0.3 is 4.74 Å². The summed E-state index contributed by atoms with van der Waals surface area (Å²) in [6.45, 7) is 5.12. The standard InChI is InChI=1S/C19H17N3O5S/c1-10(2)27-18(24)13-4-6-14-16(9-13)28-19(20-14)21-17(23)12-5-7-15(22(25)26)11(3)8-12/h4-10H,1-3H3,(H,20,21,23). The monoisotopic (exact) mass is 399 g/mol. The van der Waals surface area contributed by atoms with Gasteiger partial charge in [-0.05, 0) is 51.1 Å². The number of anilines is 1. The van der Waals surface area contributed by atoms with E-state index in [1.165, 1.54) is 29.5 Å². The van der Waals surface area contributed by atoms with Gasteiger partial charge in [-0.2, -0.15) is 0 Å². The Labute approximate surface area is 164 Å². The lowest BCUT2D eigenvalue weighted by Crippen LogP contribution is -2.12. The summed E-state index contributed by atoms with van der Waals surface area (Å²) in [7, 11) is 0. The number of hydrogen-bond donors (Lipinski definition) is 1. The first-order valence-electron chi connectivity index (χ1n) is 8.42. The van der Waals surface area contributed by atoms with E-state index >= 15 is 0 Å². The Morgan fingerprint density at radius 1 is 1.18 bits per heavy atom. The van der Waals surface area contributed by atoms with Gasteiger partial charge in [0.2, 0.25) is 0 Å². The molecule has 3 rings (SSSR count). The number of nitro groups is 1. The van der Waals surface area contributed by atoms with Crippen molar-refractivity contribution in [2.75, 3.05) is 5.32 Å². The first kappa shape index (κ1) is 19.4. The highest BCUT2D eigenvalue weighted by Crippen LogP contribution is 2.28. The van der Waals surface area contributed by atoms with E-state index in [0.29, 0.717) is 27.3 Å². The van der Waals surface area contributed by atoms with Crippen LogP contribution in [0.15, 0.2) is 36.4 Å². The van der Waals surface area contributed by atoms with E-state index in [0.717, 1.165) is 4.70 Å². The Hall–Kier alpha value is -3.33. The third kappa shape index (κ3) is 4.15. The molecule has 0 unspecified atom stereocenters. The van der Waals surface area contributed by atoms with Crippen molar-refractivity contribution in [2.45, 2.75) is 26.9 Å². The fourth-order valence-corrected chi connectivity index (χ4v) is 3.46. The molecule has 144 valence electrons. The molecule has 28 heavy (non-hydrogen) atoms. The van der Waals surface area contributed by atoms with Gasteiger partial charge in [-0.15, -0.1) is 0 Å². The molecular formula is C19H17N3O5S. The molecule has 3 aromatic rings. The number of amides is 1. The molecule has 9 heteroatoms. The Kier molecular flexibility index (Phi) is 5.36. The molecule has 0 aliphatic carbocycles. The number of thiazole rings is 1. The van der Waals surface area contributed by atoms with E-state index < -0.39 is 16.8 Å². The van der Waals surface area contributed by atoms with E-state index in [1.807, 2.05) is 0 Å². The second-order valence-electron chi connectivity index (χ2n) is 6.37. The summed E-state index contributed by atoms with van der Waals surface area (Å²) < 4.78 is 5.91. The molecular weight excluding hydrogens is 382 g/mol. The van der Waals surface area contributed by atoms with Crippen LogP contribution >= 0.6 is 11.3 Å². The number of nitrogens with one attached hydrogen (secondary N) is 1. The van der Waals surface area contributed by atoms with Gasteiger partial charge in [0, 0.05) is 17.2 Å². The number of carbonyl (C=O) groups is 2. The van der Waals surface area contributed by atoms with Crippen LogP contribution in [-0.4, -0.2) is 27.9 Å². The maximum absolute atomic E-state index is 12.4. The molecule has 0 radical (unpaired) electrons. The number of esters is 1. The summed E-state index contributed by atoms with van der Waals surface area (Å²) in [5.41, 5.74) is 1.70. The van der Waals surface area contributed by atoms with E-state index in [-0.39, 0.29) is 11.8 Å². The smallest absolute Gasteiger partial charge is 0.338 e. The molecule has 1 aromatic heterocycles. The normalized spacial score (nSPS) is 10.9. The predicted molar refractivity (Wildman–Crippen MR) is 106 cm³/mol. The van der Waals surface area contributed by atoms with E-state index in [4.69, 9.17) is 4.74 Å². The van der Waals surface area contributed by atoms with Crippen LogP contribution in [0.5, 0.6) is 0 Å². The number of hydrogen-bond acceptors (Lipinski definition) is 7. The third-order valence-electron chi connectivity index (χ3n) is 3.84. The van der Waals surface area contributed by atoms with Crippen LogP contribution in [0, 0.1) is 17.0 Å². The molecule has 0 atom stereocenters. The quantitative estimate of drug-likeness (QED) is 0.388. The van der Waals surface area contributed by atoms with Crippen molar-refractivity contribution in [1.29, 1.82) is 0 Å². The predicted octanol–water partition coefficient (Wildman–Crippen LogP) is 4.33. The molecule has 0 spiro atoms. The Morgan fingerprint density at radius 3 is 2.54 bits per heavy atom. The van der Waals surface area contributed by atoms with E-state index in [1.54, 1.807) is 39.0 Å². The zero-order chi connectivity index (χ0) is 20.4. The zero-order valence-corrected chi connectivity index (χ0v) is 16.2. The van der Waals surface area contributed by atoms with Gasteiger partial charge in [-0.1, -0.05) is 11.3 Å². The minimum absolute atomic E-state index is 0.0441. The maximum atomic E-state index is 12.4. The van der Waals surface area contributed by atoms with Crippen molar-refractivity contribution < 1.29 is 19.2 Å². The molecule has 8 nitrogen and oxygen atoms in total. The SMILES string of the molecule is Cc1cc(C(=O)Nc2nc3ccc(C(=O)OC(C)C)cc3s2)ccc1[N+](=O)[O-]. The summed E-state index contributed by atoms with van der Waals surface area (Å²) in [6, 6.07) is 9.14. The van der Waals surface area contributed by atoms with Gasteiger partial charge in [0.15, 0.2) is 5.13 Å². The second kappa shape index (κ2) is 7.73. The summed E-state index contributed by atoms with van der Waals surface area (Å²) >= 11 is 1.22. The molecule has 1 N–H and O–H groups in total. The van der Waals surface area contributed by atoms with E-state index in [9.17, 15) is 19.7 Å². The molecule has 0 aliphatic rings. The largest absolute Gasteiger partial charge is 0.459 e. The number of nitrogens with zero attached hydrogens (tertiary/aromatic N) is 2. The van der Waals surface area contributed by atoms with E-state index in [2.05, 4.69) is 10.3 Å². The third-order valence-corrected chi connectivity index (χ3v) is 4.78. The topological polar surface area (TPSA) is 111 Å². The lowest BCUT2D eigenvalue weighted by Gasteiger charge is -2.07. The summed E-state index contributed by atoms with van der Waals surface area (Å²) in [6.07, 6.45) is -0.218. The highest BCUT2D eigenvalue weighted by atomic mass is 32.1. The average Bonchev–Trinajstić information content (AvgIpc) is 3.01. The molecule has 1 heterocycles. The summed E-state index contributed by atoms with van der Waals surface area (Å²) in [4.78, 5) is 39.2. The van der Waals surface area contributed by atoms with Crippen LogP contribution in [-0.2, 0) is 4.74 Å². The fourth-order valence-electron chi connectivity index (χ4n) is 2.56. The van der Waals surface area contributed by atoms with Gasteiger partial charge in [0.25, 0.3) is 11.6 Å². The molecule has 0 bridgehead atoms. The Balaban J connectivity index is 1.80. The minimum Gasteiger partial charge on any atom is -0.459 e. The van der Waals surface area contributed by atoms with Crippen LogP contribution in [0.1, 0.15) is 40.1 Å². The van der Waals surface area contributed by atoms with Gasteiger partial charge in [0.1, 0.15) is 0 Å². The number of benzene rings is 2. The second-order valence-corrected chi connectivity index (χ2v) is 7.40. The van der Waals surface area contributed by atoms with Crippen LogP contribution in [0.2, 0.25) is 0 Å². The summed E-state index contributed by atoms with van der Waals surface area (Å²) in [5.74, 6) is -0.839. The van der Waals surface area contributed by atoms with Crippen molar-refractivity contribution in [2.24, 2.45) is 0 Å². The van der Waals surface area contributed by atoms with Crippen molar-refractivity contribution in [3.8, 4) is 0 Å². The van der Waals surface area contributed by atoms with Crippen molar-refractivity contribution >= 4 is 44.2 Å². The highest BCUT2D eigenvalue weighted by molar-refractivity contribution is 7.22. The number of nitro benzene ring substituents is 1. The lowest BCUT2D eigenvalue weighted by molar-refractivity contribution is -0.385. The van der Waals surface area contributed by atoms with Crippen LogP contribution < -0.4 is 5.32 Å². The van der Waals surface area contributed by atoms with Crippen molar-refractivity contribution in [1.82, 2.24) is 4.98 Å². The number of rotatable bonds is 5. The van der Waals surface area contributed by atoms with Crippen molar-refractivity contribution in [3.63, 3.8) is 0 Å². The molecule has 0 aliphatic heterocycles. The molecule has 1 amide bonds. The first-order valence-corrected chi connectivity index (χ1v) is 9.24. The van der Waals surface area contributed by atoms with Gasteiger partial charge in [0.05, 0.1) is 26.8 Å². The number of aryl methyl sites for hydroxylation is 1. The fraction of sp³-hybridized carbons (Fsp3) is 0.211. The number of aromatic nitrogens is 1. The van der Waals surface area contributed by atoms with Crippen LogP contribution in [0.25, 0.3) is 10.2 Å². The lowest BCUT2D eigenvalue weighted by atomic mass is 10.1. The van der Waals surface area contributed by atoms with Gasteiger partial charge in [-0.3, -0.25) is 20.2 Å². The first-order chi connectivity index (χ1) is 13.2. The minimum atomic E-state index is -0.494. The molecule has 0 saturated heterocycles. The number of carbonyl (C=O) groups excluding carboxylic acids is 2. The maximum Gasteiger partial charge on any atom is 0.338 e. The molecule has 0 fully saturated rings. The number of ether oxygens (including phenoxy) is 1. The molecule has 2 aromatic carbocycles. The number of fused-ring (bicyclic) bond motifs is 1. The summed E-state index contributed by atoms with van der Waals surface area (Å²) in [5, 5.41) is 13.9. The zero-order valence-electron chi connectivity index (χ0n) is 15.4. The van der Waals surface area contributed by atoms with Gasteiger partial charge >= 0.3 is 5.97 Å². The highest BCUT2D eigenvalue weighted by Gasteiger charge is 2.16. The van der Waals surface area contributed by atoms with Crippen molar-refractivity contribution in [3.05, 3.63) is 63.2 Å². The Morgan fingerprint density at radius 2 is 1.89 bits per heavy atom. The average molecular weight is 399 g/mol. The molecule has 0 saturated carbocycles. The van der Waals surface area contributed by atoms with Crippen LogP contribution in [0.3, 0.4) is 0 Å². The van der Waals surface area contributed by atoms with Crippen LogP contribution in [0.4, 0.5) is 10.8 Å². The Bertz CT molecular complexity index is 1090. The van der Waals surface area contributed by atoms with Gasteiger partial charge in [-0.25, -0.2) is 9.78 Å².